The van der Waals surface area contributed by atoms with Gasteiger partial charge < -0.3 is 18.9 Å². The molecular weight excluding hydrogens is 515 g/mol. The molecule has 0 unspecified atom stereocenters. The van der Waals surface area contributed by atoms with E-state index >= 15 is 0 Å². The molecule has 2 saturated heterocycles. The molecule has 2 heterocycles. The van der Waals surface area contributed by atoms with Crippen molar-refractivity contribution in [3.8, 4) is 0 Å². The van der Waals surface area contributed by atoms with Gasteiger partial charge in [-0.2, -0.15) is 17.6 Å². The van der Waals surface area contributed by atoms with E-state index in [-0.39, 0.29) is 18.8 Å². The van der Waals surface area contributed by atoms with E-state index in [2.05, 4.69) is 9.47 Å². The van der Waals surface area contributed by atoms with Crippen molar-refractivity contribution in [1.82, 2.24) is 0 Å². The van der Waals surface area contributed by atoms with Gasteiger partial charge in [0.2, 0.25) is 0 Å². The Morgan fingerprint density at radius 1 is 0.917 bits per heavy atom. The molecule has 4 rings (SSSR count). The van der Waals surface area contributed by atoms with Gasteiger partial charge in [0.15, 0.2) is 0 Å². The van der Waals surface area contributed by atoms with E-state index in [1.54, 1.807) is 0 Å². The smallest absolute Gasteiger partial charge is 0.320 e. The summed E-state index contributed by atoms with van der Waals surface area (Å²) in [5, 5.41) is 0. The molecule has 1 aromatic carbocycles. The van der Waals surface area contributed by atoms with E-state index in [1.807, 2.05) is 6.92 Å². The van der Waals surface area contributed by atoms with Crippen LogP contribution in [0.15, 0.2) is 12.1 Å². The minimum Gasteiger partial charge on any atom is -0.320 e. The van der Waals surface area contributed by atoms with Gasteiger partial charge in [-0.05, 0) is 44.2 Å². The van der Waals surface area contributed by atoms with Crippen LogP contribution in [-0.4, -0.2) is 37.4 Å². The molecule has 204 valence electrons. The molecule has 0 spiro atoms. The van der Waals surface area contributed by atoms with E-state index in [4.69, 9.17) is 14.2 Å². The van der Waals surface area contributed by atoms with Crippen molar-refractivity contribution < 1.29 is 63.2 Å². The van der Waals surface area contributed by atoms with Gasteiger partial charge in [-0.1, -0.05) is 13.3 Å². The summed E-state index contributed by atoms with van der Waals surface area (Å²) < 4.78 is 147. The van der Waals surface area contributed by atoms with Crippen LogP contribution in [0.4, 0.5) is 39.5 Å². The molecule has 0 radical (unpaired) electrons. The lowest BCUT2D eigenvalue weighted by atomic mass is 9.86. The molecule has 5 nitrogen and oxygen atoms in total. The fourth-order valence-corrected chi connectivity index (χ4v) is 4.87. The molecule has 36 heavy (non-hydrogen) atoms. The molecule has 2 aliphatic heterocycles. The molecule has 0 amide bonds. The zero-order valence-electron chi connectivity index (χ0n) is 18.9. The molecule has 3 aliphatic rings. The number of ether oxygens (including phenoxy) is 5. The Labute approximate surface area is 199 Å². The first kappa shape index (κ1) is 27.4. The molecule has 1 saturated carbocycles. The highest BCUT2D eigenvalue weighted by Gasteiger charge is 2.60. The van der Waals surface area contributed by atoms with Crippen LogP contribution < -0.4 is 0 Å². The third kappa shape index (κ3) is 5.33. The Bertz CT molecular complexity index is 929. The highest BCUT2D eigenvalue weighted by molar-refractivity contribution is 5.31. The van der Waals surface area contributed by atoms with Crippen LogP contribution in [0, 0.1) is 17.6 Å². The van der Waals surface area contributed by atoms with Gasteiger partial charge in [-0.15, -0.1) is 13.2 Å². The Balaban J connectivity index is 1.44. The summed E-state index contributed by atoms with van der Waals surface area (Å²) >= 11 is 0. The Morgan fingerprint density at radius 2 is 1.47 bits per heavy atom. The summed E-state index contributed by atoms with van der Waals surface area (Å²) in [5.74, 6) is -7.19. The van der Waals surface area contributed by atoms with Crippen molar-refractivity contribution in [1.29, 1.82) is 0 Å². The Hall–Kier alpha value is -1.61. The van der Waals surface area contributed by atoms with Gasteiger partial charge in [-0.25, -0.2) is 13.5 Å². The lowest BCUT2D eigenvalue weighted by Crippen LogP contribution is -2.40. The van der Waals surface area contributed by atoms with Gasteiger partial charge in [0.05, 0.1) is 25.2 Å². The largest absolute Gasteiger partial charge is 0.527 e. The lowest BCUT2D eigenvalue weighted by molar-refractivity contribution is -0.439. The third-order valence-corrected chi connectivity index (χ3v) is 6.51. The number of hydrogen-bond acceptors (Lipinski definition) is 5. The first-order valence-corrected chi connectivity index (χ1v) is 11.3. The zero-order chi connectivity index (χ0) is 26.6. The highest BCUT2D eigenvalue weighted by Crippen LogP contribution is 2.50. The van der Waals surface area contributed by atoms with Crippen molar-refractivity contribution in [3.05, 3.63) is 34.9 Å². The first-order valence-electron chi connectivity index (χ1n) is 11.3. The van der Waals surface area contributed by atoms with Crippen LogP contribution in [0.2, 0.25) is 0 Å². The predicted octanol–water partition coefficient (Wildman–Crippen LogP) is 6.44. The molecule has 0 aromatic heterocycles. The molecular formula is C22H23F9O5. The summed E-state index contributed by atoms with van der Waals surface area (Å²) in [6.45, 7) is 2.06. The fraction of sp³-hybridized carbons (Fsp3) is 0.727. The van der Waals surface area contributed by atoms with E-state index < -0.39 is 85.1 Å². The Kier molecular flexibility index (Phi) is 7.08. The topological polar surface area (TPSA) is 46.2 Å². The lowest BCUT2D eigenvalue weighted by Gasteiger charge is -2.34. The maximum Gasteiger partial charge on any atom is 0.527 e. The normalized spacial score (nSPS) is 31.3. The van der Waals surface area contributed by atoms with Crippen LogP contribution in [0.1, 0.15) is 56.6 Å². The van der Waals surface area contributed by atoms with Crippen LogP contribution in [-0.2, 0) is 35.8 Å². The standard InChI is InChI=1S/C22H23F9O5/c1-2-7-18-10-32-21(35-18,33-11-18)13-8-15(23)17(16(24)9-13)20(27,28)34-14-5-3-12(4-6-14)19(25,26)36-22(29,30)31/h8-9,12,14H,2-7,10-11H2,1H3. The second kappa shape index (κ2) is 9.29. The number of benzene rings is 1. The maximum atomic E-state index is 14.8. The second-order valence-electron chi connectivity index (χ2n) is 9.20. The summed E-state index contributed by atoms with van der Waals surface area (Å²) in [4.78, 5) is 0. The van der Waals surface area contributed by atoms with Crippen molar-refractivity contribution in [3.63, 3.8) is 0 Å². The van der Waals surface area contributed by atoms with Gasteiger partial charge in [-0.3, -0.25) is 0 Å². The van der Waals surface area contributed by atoms with Crippen LogP contribution >= 0.6 is 0 Å². The van der Waals surface area contributed by atoms with Crippen molar-refractivity contribution in [2.24, 2.45) is 5.92 Å². The molecule has 14 heteroatoms. The minimum atomic E-state index is -5.58. The zero-order valence-corrected chi connectivity index (χ0v) is 18.9. The van der Waals surface area contributed by atoms with Gasteiger partial charge in [0.25, 0.3) is 0 Å². The monoisotopic (exact) mass is 538 g/mol. The average molecular weight is 538 g/mol. The predicted molar refractivity (Wildman–Crippen MR) is 101 cm³/mol. The first-order chi connectivity index (χ1) is 16.6. The average Bonchev–Trinajstić information content (AvgIpc) is 3.29. The summed E-state index contributed by atoms with van der Waals surface area (Å²) in [7, 11) is 0. The van der Waals surface area contributed by atoms with E-state index in [9.17, 15) is 39.5 Å². The number of hydrogen-bond donors (Lipinski definition) is 0. The second-order valence-corrected chi connectivity index (χ2v) is 9.20. The fourth-order valence-electron chi connectivity index (χ4n) is 4.87. The summed E-state index contributed by atoms with van der Waals surface area (Å²) in [5.41, 5.74) is -2.83. The van der Waals surface area contributed by atoms with E-state index in [0.29, 0.717) is 25.0 Å². The number of rotatable bonds is 8. The molecule has 1 aliphatic carbocycles. The van der Waals surface area contributed by atoms with Gasteiger partial charge >= 0.3 is 24.6 Å². The maximum absolute atomic E-state index is 14.8. The quantitative estimate of drug-likeness (QED) is 0.357. The van der Waals surface area contributed by atoms with E-state index in [1.165, 1.54) is 0 Å². The van der Waals surface area contributed by atoms with Gasteiger partial charge in [0.1, 0.15) is 22.8 Å². The number of halogens is 9. The SMILES string of the molecule is CCCC12COC(c3cc(F)c(C(F)(F)OC4CCC(C(F)(F)OC(F)(F)F)CC4)c(F)c3)(OC1)O2. The minimum absolute atomic E-state index is 0.0842. The van der Waals surface area contributed by atoms with Crippen LogP contribution in [0.5, 0.6) is 0 Å². The Morgan fingerprint density at radius 3 is 1.97 bits per heavy atom. The molecule has 3 fully saturated rings. The molecule has 0 atom stereocenters. The third-order valence-electron chi connectivity index (χ3n) is 6.51. The molecule has 1 aromatic rings. The van der Waals surface area contributed by atoms with Crippen LogP contribution in [0.3, 0.4) is 0 Å². The number of fused-ring (bicyclic) bond motifs is 2. The molecule has 2 bridgehead atoms. The van der Waals surface area contributed by atoms with Crippen molar-refractivity contribution in [2.45, 2.75) is 81.7 Å². The summed E-state index contributed by atoms with van der Waals surface area (Å²) in [6.07, 6.45) is -17.1. The van der Waals surface area contributed by atoms with Crippen molar-refractivity contribution in [2.75, 3.05) is 13.2 Å². The number of alkyl halides is 7. The van der Waals surface area contributed by atoms with E-state index in [0.717, 1.165) is 0 Å². The highest BCUT2D eigenvalue weighted by atomic mass is 19.4. The van der Waals surface area contributed by atoms with Gasteiger partial charge in [0, 0.05) is 5.56 Å². The molecule has 0 N–H and O–H groups in total. The van der Waals surface area contributed by atoms with Crippen molar-refractivity contribution >= 4 is 0 Å². The van der Waals surface area contributed by atoms with Crippen LogP contribution in [0.25, 0.3) is 0 Å². The summed E-state index contributed by atoms with van der Waals surface area (Å²) in [6, 6.07) is 1.16.